The van der Waals surface area contributed by atoms with Gasteiger partial charge in [-0.3, -0.25) is 0 Å². The minimum Gasteiger partial charge on any atom is -0.494 e. The molecule has 420 valence electrons. The van der Waals surface area contributed by atoms with Crippen molar-refractivity contribution in [2.75, 3.05) is 13.2 Å². The highest BCUT2D eigenvalue weighted by Gasteiger charge is 2.45. The molecule has 16 heteroatoms. The van der Waals surface area contributed by atoms with Crippen molar-refractivity contribution < 1.29 is 73.9 Å². The van der Waals surface area contributed by atoms with Gasteiger partial charge in [-0.15, -0.1) is 0 Å². The fourth-order valence-electron chi connectivity index (χ4n) is 8.34. The van der Waals surface area contributed by atoms with Crippen LogP contribution in [-0.4, -0.2) is 61.7 Å². The number of unbranched alkanes of at least 4 members (excludes halogenated alkanes) is 10. The Morgan fingerprint density at radius 2 is 0.608 bits per heavy atom. The highest BCUT2D eigenvalue weighted by atomic mass is 19.4. The van der Waals surface area contributed by atoms with Gasteiger partial charge < -0.3 is 28.4 Å². The Bertz CT molecular complexity index is 2620. The molecule has 0 aliphatic carbocycles. The summed E-state index contributed by atoms with van der Waals surface area (Å²) in [5.41, 5.74) is 3.19. The van der Waals surface area contributed by atoms with Crippen LogP contribution >= 0.6 is 0 Å². The van der Waals surface area contributed by atoms with Gasteiger partial charge in [-0.1, -0.05) is 127 Å². The van der Waals surface area contributed by atoms with E-state index in [-0.39, 0.29) is 33.8 Å². The summed E-state index contributed by atoms with van der Waals surface area (Å²) in [6.07, 6.45) is -4.93. The van der Waals surface area contributed by atoms with Crippen LogP contribution in [0.2, 0.25) is 0 Å². The Labute approximate surface area is 457 Å². The van der Waals surface area contributed by atoms with Gasteiger partial charge in [-0.05, 0) is 151 Å². The van der Waals surface area contributed by atoms with Gasteiger partial charge in [0.2, 0.25) is 0 Å². The first kappa shape index (κ1) is 60.6. The molecule has 6 aromatic rings. The molecular formula is C63H66F6O10. The Balaban J connectivity index is 0.929. The number of ether oxygens (including phenoxy) is 6. The molecule has 0 heterocycles. The van der Waals surface area contributed by atoms with Crippen molar-refractivity contribution in [1.82, 2.24) is 0 Å². The number of carbonyl (C=O) groups excluding carboxylic acids is 4. The summed E-state index contributed by atoms with van der Waals surface area (Å²) in [5, 5.41) is 0. The number of halogens is 6. The monoisotopic (exact) mass is 1100 g/mol. The molecule has 0 aliphatic heterocycles. The lowest BCUT2D eigenvalue weighted by Crippen LogP contribution is -2.36. The summed E-state index contributed by atoms with van der Waals surface area (Å²) >= 11 is 0. The number of carbonyl (C=O) groups is 4. The SMILES string of the molecule is CCCCCCCCOc1ccc(-c2ccc(C(=O)Oc3ccc(C(=O)O[C@H](CCC[C@@H](OC(=O)c4ccc(OC(=O)c5ccc(-c6ccc(OCCCCCCCC)cc6)cc5)cc4)C(F)(F)F)C(F)(F)F)cc3)cc2)cc1. The molecule has 0 unspecified atom stereocenters. The van der Waals surface area contributed by atoms with Gasteiger partial charge in [0.05, 0.1) is 35.5 Å². The van der Waals surface area contributed by atoms with Crippen LogP contribution in [0.25, 0.3) is 22.3 Å². The number of hydrogen-bond acceptors (Lipinski definition) is 10. The van der Waals surface area contributed by atoms with Crippen molar-refractivity contribution in [3.63, 3.8) is 0 Å². The van der Waals surface area contributed by atoms with E-state index >= 15 is 0 Å². The standard InChI is InChI=1S/C63H66F6O10/c1-3-5-7-9-11-13-42-74-52-34-26-46(27-35-52)44-18-22-48(23-19-44)58(70)76-54-38-30-50(31-39-54)60(72)78-56(62(64,65)66)16-15-17-57(63(67,68)69)79-61(73)51-32-40-55(41-33-51)77-59(71)49-24-20-45(21-25-49)47-28-36-53(37-29-47)75-43-14-12-10-8-6-4-2/h18-41,56-57H,3-17,42-43H2,1-2H3/t56-,57-/m1/s1. The van der Waals surface area contributed by atoms with Crippen LogP contribution in [0, 0.1) is 0 Å². The maximum atomic E-state index is 14.1. The van der Waals surface area contributed by atoms with Gasteiger partial charge in [0.25, 0.3) is 0 Å². The molecule has 79 heavy (non-hydrogen) atoms. The van der Waals surface area contributed by atoms with Crippen molar-refractivity contribution in [2.24, 2.45) is 0 Å². The van der Waals surface area contributed by atoms with E-state index in [9.17, 15) is 45.5 Å². The third kappa shape index (κ3) is 20.0. The topological polar surface area (TPSA) is 124 Å². The summed E-state index contributed by atoms with van der Waals surface area (Å²) in [6, 6.07) is 37.5. The second-order valence-electron chi connectivity index (χ2n) is 19.1. The van der Waals surface area contributed by atoms with Crippen LogP contribution in [0.15, 0.2) is 146 Å². The van der Waals surface area contributed by atoms with E-state index in [0.29, 0.717) is 13.2 Å². The number of alkyl halides is 6. The zero-order valence-electron chi connectivity index (χ0n) is 44.4. The Morgan fingerprint density at radius 1 is 0.342 bits per heavy atom. The Morgan fingerprint density at radius 3 is 0.924 bits per heavy atom. The zero-order chi connectivity index (χ0) is 56.6. The van der Waals surface area contributed by atoms with E-state index < -0.39 is 67.7 Å². The molecule has 6 aromatic carbocycles. The molecule has 0 saturated heterocycles. The molecule has 0 amide bonds. The molecule has 0 aliphatic rings. The molecule has 0 aromatic heterocycles. The second-order valence-corrected chi connectivity index (χ2v) is 19.1. The van der Waals surface area contributed by atoms with E-state index in [1.165, 1.54) is 75.6 Å². The van der Waals surface area contributed by atoms with Crippen LogP contribution in [0.5, 0.6) is 23.0 Å². The summed E-state index contributed by atoms with van der Waals surface area (Å²) in [7, 11) is 0. The van der Waals surface area contributed by atoms with Gasteiger partial charge in [-0.25, -0.2) is 19.2 Å². The quantitative estimate of drug-likeness (QED) is 0.0186. The molecule has 0 bridgehead atoms. The van der Waals surface area contributed by atoms with Gasteiger partial charge >= 0.3 is 36.2 Å². The number of hydrogen-bond donors (Lipinski definition) is 0. The maximum absolute atomic E-state index is 14.1. The molecule has 0 fully saturated rings. The van der Waals surface area contributed by atoms with Crippen molar-refractivity contribution in [2.45, 2.75) is 135 Å². The van der Waals surface area contributed by atoms with E-state index in [1.807, 2.05) is 48.5 Å². The highest BCUT2D eigenvalue weighted by Crippen LogP contribution is 2.33. The van der Waals surface area contributed by atoms with Gasteiger partial charge in [0, 0.05) is 0 Å². The van der Waals surface area contributed by atoms with Crippen molar-refractivity contribution in [3.8, 4) is 45.3 Å². The molecule has 0 radical (unpaired) electrons. The number of benzene rings is 6. The Hall–Kier alpha value is -7.62. The minimum absolute atomic E-state index is 0.0263. The van der Waals surface area contributed by atoms with Crippen LogP contribution < -0.4 is 18.9 Å². The molecule has 2 atom stereocenters. The predicted molar refractivity (Wildman–Crippen MR) is 289 cm³/mol. The average Bonchev–Trinajstić information content (AvgIpc) is 3.45. The fraction of sp³-hybridized carbons (Fsp3) is 0.365. The highest BCUT2D eigenvalue weighted by molar-refractivity contribution is 5.93. The third-order valence-corrected chi connectivity index (χ3v) is 12.9. The fourth-order valence-corrected chi connectivity index (χ4v) is 8.34. The van der Waals surface area contributed by atoms with E-state index in [2.05, 4.69) is 13.8 Å². The van der Waals surface area contributed by atoms with E-state index in [4.69, 9.17) is 28.4 Å². The number of rotatable bonds is 30. The largest absolute Gasteiger partial charge is 0.494 e. The number of esters is 4. The Kier molecular flexibility index (Phi) is 23.4. The van der Waals surface area contributed by atoms with Crippen molar-refractivity contribution >= 4 is 23.9 Å². The van der Waals surface area contributed by atoms with Crippen molar-refractivity contribution in [1.29, 1.82) is 0 Å². The van der Waals surface area contributed by atoms with Crippen LogP contribution in [0.3, 0.4) is 0 Å². The summed E-state index contributed by atoms with van der Waals surface area (Å²) < 4.78 is 116. The summed E-state index contributed by atoms with van der Waals surface area (Å²) in [4.78, 5) is 51.5. The van der Waals surface area contributed by atoms with Gasteiger partial charge in [0.15, 0.2) is 12.2 Å². The second kappa shape index (κ2) is 30.5. The van der Waals surface area contributed by atoms with Crippen LogP contribution in [0.4, 0.5) is 26.3 Å². The molecule has 0 spiro atoms. The van der Waals surface area contributed by atoms with E-state index in [1.54, 1.807) is 48.5 Å². The maximum Gasteiger partial charge on any atom is 0.425 e. The smallest absolute Gasteiger partial charge is 0.425 e. The lowest BCUT2D eigenvalue weighted by atomic mass is 10.0. The van der Waals surface area contributed by atoms with Gasteiger partial charge in [0.1, 0.15) is 23.0 Å². The zero-order valence-corrected chi connectivity index (χ0v) is 44.4. The molecule has 0 N–H and O–H groups in total. The first-order valence-electron chi connectivity index (χ1n) is 26.9. The average molecular weight is 1100 g/mol. The third-order valence-electron chi connectivity index (χ3n) is 12.9. The molecule has 0 saturated carbocycles. The molecular weight excluding hydrogens is 1030 g/mol. The lowest BCUT2D eigenvalue weighted by Gasteiger charge is -2.23. The van der Waals surface area contributed by atoms with Crippen LogP contribution in [-0.2, 0) is 9.47 Å². The lowest BCUT2D eigenvalue weighted by molar-refractivity contribution is -0.213. The molecule has 6 rings (SSSR count). The first-order valence-corrected chi connectivity index (χ1v) is 26.9. The summed E-state index contributed by atoms with van der Waals surface area (Å²) in [6.45, 7) is 5.66. The van der Waals surface area contributed by atoms with Gasteiger partial charge in [-0.2, -0.15) is 26.3 Å². The first-order chi connectivity index (χ1) is 38.0. The molecule has 10 nitrogen and oxygen atoms in total. The summed E-state index contributed by atoms with van der Waals surface area (Å²) in [5.74, 6) is -2.86. The van der Waals surface area contributed by atoms with E-state index in [0.717, 1.165) is 83.7 Å². The minimum atomic E-state index is -5.17. The predicted octanol–water partition coefficient (Wildman–Crippen LogP) is 17.0. The normalized spacial score (nSPS) is 12.3. The van der Waals surface area contributed by atoms with Crippen LogP contribution in [0.1, 0.15) is 152 Å². The van der Waals surface area contributed by atoms with Crippen molar-refractivity contribution in [3.05, 3.63) is 168 Å².